The molecule has 128 valence electrons. The molecule has 2 aromatic heterocycles. The van der Waals surface area contributed by atoms with Crippen LogP contribution in [0.4, 0.5) is 5.69 Å². The van der Waals surface area contributed by atoms with Crippen molar-refractivity contribution < 1.29 is 14.3 Å². The lowest BCUT2D eigenvalue weighted by Gasteiger charge is -2.03. The second-order valence-corrected chi connectivity index (χ2v) is 6.45. The monoisotopic (exact) mass is 362 g/mol. The molecule has 0 aliphatic heterocycles. The molecule has 0 aliphatic carbocycles. The van der Waals surface area contributed by atoms with Gasteiger partial charge in [-0.3, -0.25) is 5.43 Å². The van der Waals surface area contributed by atoms with Crippen LogP contribution >= 0.6 is 11.3 Å². The summed E-state index contributed by atoms with van der Waals surface area (Å²) in [6.07, 6.45) is 1.55. The topological polar surface area (TPSA) is 90.5 Å². The summed E-state index contributed by atoms with van der Waals surface area (Å²) < 4.78 is 6.87. The van der Waals surface area contributed by atoms with Crippen molar-refractivity contribution in [3.05, 3.63) is 72.0 Å². The maximum absolute atomic E-state index is 10.7. The van der Waals surface area contributed by atoms with Gasteiger partial charge in [-0.1, -0.05) is 24.3 Å². The second kappa shape index (κ2) is 6.81. The van der Waals surface area contributed by atoms with E-state index in [4.69, 9.17) is 4.42 Å². The third-order valence-corrected chi connectivity index (χ3v) is 4.69. The summed E-state index contributed by atoms with van der Waals surface area (Å²) in [6, 6.07) is 17.7. The van der Waals surface area contributed by atoms with Crippen molar-refractivity contribution in [3.8, 4) is 10.8 Å². The highest BCUT2D eigenvalue weighted by molar-refractivity contribution is 7.21. The number of para-hydroxylation sites is 1. The lowest BCUT2D eigenvalue weighted by Crippen LogP contribution is -2.21. The van der Waals surface area contributed by atoms with E-state index in [-0.39, 0.29) is 5.56 Å². The van der Waals surface area contributed by atoms with Gasteiger partial charge >= 0.3 is 0 Å². The molecule has 4 aromatic rings. The largest absolute Gasteiger partial charge is 0.545 e. The molecule has 0 saturated heterocycles. The average molecular weight is 362 g/mol. The zero-order chi connectivity index (χ0) is 17.9. The minimum Gasteiger partial charge on any atom is -0.545 e. The molecular weight excluding hydrogens is 350 g/mol. The zero-order valence-corrected chi connectivity index (χ0v) is 14.2. The SMILES string of the molecule is O=C([O-])c1ccc(N/N=C\c2ccc(-c3nc4ccccc4s3)o2)cc1. The smallest absolute Gasteiger partial charge is 0.163 e. The normalized spacial score (nSPS) is 11.2. The Balaban J connectivity index is 1.46. The Kier molecular flexibility index (Phi) is 4.20. The first kappa shape index (κ1) is 16.0. The molecule has 2 aromatic carbocycles. The summed E-state index contributed by atoms with van der Waals surface area (Å²) >= 11 is 1.57. The lowest BCUT2D eigenvalue weighted by atomic mass is 10.2. The van der Waals surface area contributed by atoms with Crippen LogP contribution in [0.2, 0.25) is 0 Å². The van der Waals surface area contributed by atoms with Gasteiger partial charge in [0, 0.05) is 0 Å². The number of aromatic carboxylic acids is 1. The van der Waals surface area contributed by atoms with E-state index in [0.717, 1.165) is 15.2 Å². The highest BCUT2D eigenvalue weighted by Gasteiger charge is 2.09. The van der Waals surface area contributed by atoms with Crippen molar-refractivity contribution in [1.29, 1.82) is 0 Å². The van der Waals surface area contributed by atoms with Crippen LogP contribution in [0, 0.1) is 0 Å². The predicted octanol–water partition coefficient (Wildman–Crippen LogP) is 3.37. The van der Waals surface area contributed by atoms with Crippen LogP contribution in [0.25, 0.3) is 21.0 Å². The van der Waals surface area contributed by atoms with Crippen LogP contribution in [0.5, 0.6) is 0 Å². The Morgan fingerprint density at radius 1 is 1.12 bits per heavy atom. The third kappa shape index (κ3) is 3.33. The fourth-order valence-electron chi connectivity index (χ4n) is 2.37. The van der Waals surface area contributed by atoms with E-state index in [1.807, 2.05) is 36.4 Å². The summed E-state index contributed by atoms with van der Waals surface area (Å²) in [5.74, 6) is 0.0575. The number of carbonyl (C=O) groups excluding carboxylic acids is 1. The highest BCUT2D eigenvalue weighted by Crippen LogP contribution is 2.30. The highest BCUT2D eigenvalue weighted by atomic mass is 32.1. The van der Waals surface area contributed by atoms with Crippen molar-refractivity contribution in [2.24, 2.45) is 5.10 Å². The van der Waals surface area contributed by atoms with Crippen molar-refractivity contribution >= 4 is 39.4 Å². The van der Waals surface area contributed by atoms with E-state index < -0.39 is 5.97 Å². The molecule has 7 heteroatoms. The van der Waals surface area contributed by atoms with E-state index in [1.165, 1.54) is 12.1 Å². The van der Waals surface area contributed by atoms with E-state index >= 15 is 0 Å². The molecule has 0 spiro atoms. The standard InChI is InChI=1S/C19H13N3O3S/c23-19(24)12-5-7-13(8-6-12)22-20-11-14-9-10-16(25-14)18-21-15-3-1-2-4-17(15)26-18/h1-11,22H,(H,23,24)/p-1/b20-11-. The van der Waals surface area contributed by atoms with Crippen LogP contribution in [-0.4, -0.2) is 17.2 Å². The fraction of sp³-hybridized carbons (Fsp3) is 0. The molecule has 0 fully saturated rings. The maximum Gasteiger partial charge on any atom is 0.163 e. The molecular formula is C19H12N3O3S-. The predicted molar refractivity (Wildman–Crippen MR) is 99.3 cm³/mol. The molecule has 26 heavy (non-hydrogen) atoms. The van der Waals surface area contributed by atoms with E-state index in [2.05, 4.69) is 15.5 Å². The molecule has 0 radical (unpaired) electrons. The molecule has 0 saturated carbocycles. The minimum absolute atomic E-state index is 0.117. The first-order chi connectivity index (χ1) is 12.7. The molecule has 0 amide bonds. The number of carbonyl (C=O) groups is 1. The number of fused-ring (bicyclic) bond motifs is 1. The van der Waals surface area contributed by atoms with E-state index in [0.29, 0.717) is 17.2 Å². The van der Waals surface area contributed by atoms with Crippen LogP contribution < -0.4 is 10.5 Å². The minimum atomic E-state index is -1.21. The summed E-state index contributed by atoms with van der Waals surface area (Å²) in [6.45, 7) is 0. The number of nitrogens with one attached hydrogen (secondary N) is 1. The van der Waals surface area contributed by atoms with Crippen LogP contribution in [0.3, 0.4) is 0 Å². The summed E-state index contributed by atoms with van der Waals surface area (Å²) in [5.41, 5.74) is 4.53. The number of aromatic nitrogens is 1. The molecule has 4 rings (SSSR count). The summed E-state index contributed by atoms with van der Waals surface area (Å²) in [4.78, 5) is 15.3. The molecule has 1 N–H and O–H groups in total. The number of hydrazone groups is 1. The van der Waals surface area contributed by atoms with Crippen molar-refractivity contribution in [2.75, 3.05) is 5.43 Å². The summed E-state index contributed by atoms with van der Waals surface area (Å²) in [5, 5.41) is 15.6. The quantitative estimate of drug-likeness (QED) is 0.434. The summed E-state index contributed by atoms with van der Waals surface area (Å²) in [7, 11) is 0. The van der Waals surface area contributed by atoms with Crippen molar-refractivity contribution in [2.45, 2.75) is 0 Å². The Hall–Kier alpha value is -3.45. The number of hydrogen-bond acceptors (Lipinski definition) is 7. The van der Waals surface area contributed by atoms with Gasteiger partial charge in [-0.15, -0.1) is 11.3 Å². The first-order valence-corrected chi connectivity index (χ1v) is 8.57. The Morgan fingerprint density at radius 2 is 1.92 bits per heavy atom. The van der Waals surface area contributed by atoms with Crippen LogP contribution in [0.15, 0.2) is 70.2 Å². The number of carboxylic acids is 1. The van der Waals surface area contributed by atoms with Crippen LogP contribution in [-0.2, 0) is 0 Å². The Bertz CT molecular complexity index is 1060. The number of furan rings is 1. The van der Waals surface area contributed by atoms with E-state index in [1.54, 1.807) is 29.7 Å². The van der Waals surface area contributed by atoms with Crippen LogP contribution in [0.1, 0.15) is 16.1 Å². The molecule has 0 atom stereocenters. The molecule has 6 nitrogen and oxygen atoms in total. The lowest BCUT2D eigenvalue weighted by molar-refractivity contribution is -0.255. The number of nitrogens with zero attached hydrogens (tertiary/aromatic N) is 2. The van der Waals surface area contributed by atoms with Gasteiger partial charge in [-0.25, -0.2) is 4.98 Å². The number of rotatable bonds is 5. The molecule has 0 unspecified atom stereocenters. The van der Waals surface area contributed by atoms with Gasteiger partial charge in [-0.2, -0.15) is 5.10 Å². The van der Waals surface area contributed by atoms with Gasteiger partial charge < -0.3 is 14.3 Å². The van der Waals surface area contributed by atoms with E-state index in [9.17, 15) is 9.90 Å². The van der Waals surface area contributed by atoms with Gasteiger partial charge in [0.2, 0.25) is 0 Å². The van der Waals surface area contributed by atoms with Crippen molar-refractivity contribution in [1.82, 2.24) is 4.98 Å². The number of carboxylic acid groups (broad SMARTS) is 1. The van der Waals surface area contributed by atoms with Gasteiger partial charge in [0.15, 0.2) is 10.8 Å². The number of hydrogen-bond donors (Lipinski definition) is 1. The van der Waals surface area contributed by atoms with Crippen molar-refractivity contribution in [3.63, 3.8) is 0 Å². The van der Waals surface area contributed by atoms with Gasteiger partial charge in [-0.05, 0) is 42.0 Å². The molecule has 2 heterocycles. The van der Waals surface area contributed by atoms with Gasteiger partial charge in [0.1, 0.15) is 5.76 Å². The Labute approximate surface area is 152 Å². The number of anilines is 1. The third-order valence-electron chi connectivity index (χ3n) is 3.64. The first-order valence-electron chi connectivity index (χ1n) is 7.75. The number of thiazole rings is 1. The average Bonchev–Trinajstić information content (AvgIpc) is 3.28. The fourth-order valence-corrected chi connectivity index (χ4v) is 3.29. The molecule has 0 bridgehead atoms. The number of benzene rings is 2. The maximum atomic E-state index is 10.7. The zero-order valence-electron chi connectivity index (χ0n) is 13.4. The van der Waals surface area contributed by atoms with Gasteiger partial charge in [0.25, 0.3) is 0 Å². The molecule has 0 aliphatic rings. The Morgan fingerprint density at radius 3 is 2.69 bits per heavy atom. The second-order valence-electron chi connectivity index (χ2n) is 5.42. The van der Waals surface area contributed by atoms with Gasteiger partial charge in [0.05, 0.1) is 28.1 Å².